The van der Waals surface area contributed by atoms with Crippen molar-refractivity contribution in [3.8, 4) is 0 Å². The molecule has 0 saturated heterocycles. The first kappa shape index (κ1) is 24.9. The summed E-state index contributed by atoms with van der Waals surface area (Å²) in [6, 6.07) is 7.96. The largest absolute Gasteiger partial charge is 0.372 e. The summed E-state index contributed by atoms with van der Waals surface area (Å²) in [6.45, 7) is 14.8. The molecule has 0 bridgehead atoms. The number of fused-ring (bicyclic) bond motifs is 1. The third-order valence-electron chi connectivity index (χ3n) is 5.82. The van der Waals surface area contributed by atoms with Crippen molar-refractivity contribution in [3.05, 3.63) is 45.9 Å². The molecule has 3 rings (SSSR count). The SMILES string of the molecule is CCN(CC)c1ccc(NC(=O)Cn2c(C)cc3nc(SC)n(CC(C)C)c(=O)c32)c(C)c1. The molecular weight excluding hydrogens is 434 g/mol. The number of carbonyl (C=O) groups excluding carboxylic acids is 1. The minimum absolute atomic E-state index is 0.0593. The molecule has 3 aromatic rings. The molecule has 0 aliphatic heterocycles. The molecule has 2 aromatic heterocycles. The normalized spacial score (nSPS) is 11.4. The van der Waals surface area contributed by atoms with Crippen LogP contribution in [0.3, 0.4) is 0 Å². The summed E-state index contributed by atoms with van der Waals surface area (Å²) < 4.78 is 3.50. The molecule has 0 saturated carbocycles. The zero-order valence-electron chi connectivity index (χ0n) is 20.7. The van der Waals surface area contributed by atoms with E-state index in [9.17, 15) is 9.59 Å². The molecule has 0 aliphatic carbocycles. The second kappa shape index (κ2) is 10.5. The van der Waals surface area contributed by atoms with E-state index in [1.54, 1.807) is 9.13 Å². The van der Waals surface area contributed by atoms with Gasteiger partial charge in [0.1, 0.15) is 12.1 Å². The fourth-order valence-corrected chi connectivity index (χ4v) is 4.71. The van der Waals surface area contributed by atoms with Gasteiger partial charge in [-0.1, -0.05) is 25.6 Å². The maximum absolute atomic E-state index is 13.4. The van der Waals surface area contributed by atoms with Gasteiger partial charge in [-0.15, -0.1) is 0 Å². The Bertz CT molecular complexity index is 1210. The highest BCUT2D eigenvalue weighted by Gasteiger charge is 2.19. The Morgan fingerprint density at radius 2 is 1.85 bits per heavy atom. The third-order valence-corrected chi connectivity index (χ3v) is 6.50. The lowest BCUT2D eigenvalue weighted by Gasteiger charge is -2.22. The quantitative estimate of drug-likeness (QED) is 0.364. The van der Waals surface area contributed by atoms with Crippen molar-refractivity contribution in [1.82, 2.24) is 14.1 Å². The van der Waals surface area contributed by atoms with Crippen molar-refractivity contribution in [2.75, 3.05) is 29.6 Å². The third kappa shape index (κ3) is 5.27. The molecular formula is C25H35N5O2S. The van der Waals surface area contributed by atoms with Crippen LogP contribution in [0.25, 0.3) is 11.0 Å². The van der Waals surface area contributed by atoms with E-state index in [0.29, 0.717) is 28.7 Å². The molecule has 7 nitrogen and oxygen atoms in total. The Morgan fingerprint density at radius 3 is 2.42 bits per heavy atom. The number of hydrogen-bond acceptors (Lipinski definition) is 5. The fraction of sp³-hybridized carbons (Fsp3) is 0.480. The molecule has 33 heavy (non-hydrogen) atoms. The lowest BCUT2D eigenvalue weighted by molar-refractivity contribution is -0.116. The average molecular weight is 470 g/mol. The van der Waals surface area contributed by atoms with Crippen LogP contribution in [0, 0.1) is 19.8 Å². The monoisotopic (exact) mass is 469 g/mol. The van der Waals surface area contributed by atoms with Gasteiger partial charge in [-0.3, -0.25) is 14.2 Å². The summed E-state index contributed by atoms with van der Waals surface area (Å²) in [5.74, 6) is 0.140. The van der Waals surface area contributed by atoms with Crippen molar-refractivity contribution >= 4 is 40.1 Å². The number of thioether (sulfide) groups is 1. The van der Waals surface area contributed by atoms with E-state index in [2.05, 4.69) is 44.0 Å². The zero-order valence-corrected chi connectivity index (χ0v) is 21.5. The van der Waals surface area contributed by atoms with E-state index in [1.807, 2.05) is 38.3 Å². The number of rotatable bonds is 9. The first-order chi connectivity index (χ1) is 15.7. The van der Waals surface area contributed by atoms with E-state index in [4.69, 9.17) is 4.98 Å². The molecule has 0 aliphatic rings. The summed E-state index contributed by atoms with van der Waals surface area (Å²) in [7, 11) is 0. The molecule has 1 aromatic carbocycles. The van der Waals surface area contributed by atoms with E-state index < -0.39 is 0 Å². The van der Waals surface area contributed by atoms with E-state index in [1.165, 1.54) is 11.8 Å². The first-order valence-electron chi connectivity index (χ1n) is 11.5. The molecule has 0 unspecified atom stereocenters. The van der Waals surface area contributed by atoms with Crippen molar-refractivity contribution in [3.63, 3.8) is 0 Å². The molecule has 2 heterocycles. The van der Waals surface area contributed by atoms with Gasteiger partial charge in [-0.05, 0) is 69.7 Å². The highest BCUT2D eigenvalue weighted by Crippen LogP contribution is 2.24. The standard InChI is InChI=1S/C25H35N5O2S/c1-8-28(9-2)19-10-11-20(17(5)12-19)26-22(31)15-29-18(6)13-21-23(29)24(32)30(14-16(3)4)25(27-21)33-7/h10-13,16H,8-9,14-15H2,1-7H3,(H,26,31). The van der Waals surface area contributed by atoms with E-state index in [-0.39, 0.29) is 18.0 Å². The minimum Gasteiger partial charge on any atom is -0.372 e. The van der Waals surface area contributed by atoms with Gasteiger partial charge in [0.15, 0.2) is 5.16 Å². The highest BCUT2D eigenvalue weighted by atomic mass is 32.2. The van der Waals surface area contributed by atoms with Gasteiger partial charge in [0.2, 0.25) is 5.91 Å². The van der Waals surface area contributed by atoms with Crippen LogP contribution < -0.4 is 15.8 Å². The Balaban J connectivity index is 1.91. The molecule has 0 spiro atoms. The molecule has 178 valence electrons. The van der Waals surface area contributed by atoms with Crippen molar-refractivity contribution in [2.24, 2.45) is 5.92 Å². The topological polar surface area (TPSA) is 72.2 Å². The summed E-state index contributed by atoms with van der Waals surface area (Å²) >= 11 is 1.46. The lowest BCUT2D eigenvalue weighted by Crippen LogP contribution is -2.28. The number of nitrogens with zero attached hydrogens (tertiary/aromatic N) is 4. The van der Waals surface area contributed by atoms with Crippen LogP contribution in [0.4, 0.5) is 11.4 Å². The maximum atomic E-state index is 13.4. The number of aromatic nitrogens is 3. The molecule has 0 radical (unpaired) electrons. The summed E-state index contributed by atoms with van der Waals surface area (Å²) in [5, 5.41) is 3.72. The van der Waals surface area contributed by atoms with E-state index in [0.717, 1.165) is 35.7 Å². The summed E-state index contributed by atoms with van der Waals surface area (Å²) in [5.41, 5.74) is 4.79. The van der Waals surface area contributed by atoms with Gasteiger partial charge in [0.25, 0.3) is 5.56 Å². The lowest BCUT2D eigenvalue weighted by atomic mass is 10.1. The number of amides is 1. The number of benzene rings is 1. The van der Waals surface area contributed by atoms with Gasteiger partial charge in [0.05, 0.1) is 5.52 Å². The Hall–Kier alpha value is -2.74. The Morgan fingerprint density at radius 1 is 1.15 bits per heavy atom. The predicted molar refractivity (Wildman–Crippen MR) is 139 cm³/mol. The second-order valence-corrected chi connectivity index (χ2v) is 9.51. The Kier molecular flexibility index (Phi) is 7.89. The number of carbonyl (C=O) groups is 1. The molecule has 1 N–H and O–H groups in total. The van der Waals surface area contributed by atoms with Crippen LogP contribution >= 0.6 is 11.8 Å². The van der Waals surface area contributed by atoms with Crippen LogP contribution in [-0.2, 0) is 17.9 Å². The van der Waals surface area contributed by atoms with Crippen LogP contribution in [-0.4, -0.2) is 39.4 Å². The first-order valence-corrected chi connectivity index (χ1v) is 12.7. The number of aryl methyl sites for hydroxylation is 2. The molecule has 0 fully saturated rings. The number of anilines is 2. The fourth-order valence-electron chi connectivity index (χ4n) is 4.14. The van der Waals surface area contributed by atoms with Gasteiger partial charge < -0.3 is 14.8 Å². The predicted octanol–water partition coefficient (Wildman–Crippen LogP) is 4.68. The number of hydrogen-bond donors (Lipinski definition) is 1. The van der Waals surface area contributed by atoms with Gasteiger partial charge in [0, 0.05) is 36.7 Å². The van der Waals surface area contributed by atoms with Crippen LogP contribution in [0.15, 0.2) is 34.2 Å². The summed E-state index contributed by atoms with van der Waals surface area (Å²) in [4.78, 5) is 33.3. The maximum Gasteiger partial charge on any atom is 0.278 e. The van der Waals surface area contributed by atoms with Crippen LogP contribution in [0.1, 0.15) is 39.0 Å². The smallest absolute Gasteiger partial charge is 0.278 e. The molecule has 1 amide bonds. The molecule has 0 atom stereocenters. The van der Waals surface area contributed by atoms with Gasteiger partial charge in [-0.2, -0.15) is 0 Å². The second-order valence-electron chi connectivity index (χ2n) is 8.73. The van der Waals surface area contributed by atoms with Crippen LogP contribution in [0.2, 0.25) is 0 Å². The van der Waals surface area contributed by atoms with E-state index >= 15 is 0 Å². The van der Waals surface area contributed by atoms with Crippen molar-refractivity contribution in [2.45, 2.75) is 59.8 Å². The Labute approximate surface area is 200 Å². The van der Waals surface area contributed by atoms with Gasteiger partial charge >= 0.3 is 0 Å². The number of nitrogens with one attached hydrogen (secondary N) is 1. The van der Waals surface area contributed by atoms with Crippen molar-refractivity contribution in [1.29, 1.82) is 0 Å². The summed E-state index contributed by atoms with van der Waals surface area (Å²) in [6.07, 6.45) is 1.93. The minimum atomic E-state index is -0.168. The molecule has 8 heteroatoms. The average Bonchev–Trinajstić information content (AvgIpc) is 3.07. The van der Waals surface area contributed by atoms with Gasteiger partial charge in [-0.25, -0.2) is 4.98 Å². The highest BCUT2D eigenvalue weighted by molar-refractivity contribution is 7.98. The van der Waals surface area contributed by atoms with Crippen molar-refractivity contribution < 1.29 is 4.79 Å². The zero-order chi connectivity index (χ0) is 24.3. The van der Waals surface area contributed by atoms with Crippen LogP contribution in [0.5, 0.6) is 0 Å².